The lowest BCUT2D eigenvalue weighted by Crippen LogP contribution is -2.42. The Morgan fingerprint density at radius 2 is 1.39 bits per heavy atom. The summed E-state index contributed by atoms with van der Waals surface area (Å²) in [6.07, 6.45) is -0.987. The fourth-order valence-corrected chi connectivity index (χ4v) is 4.57. The molecule has 0 aliphatic carbocycles. The van der Waals surface area contributed by atoms with E-state index in [0.29, 0.717) is 5.75 Å². The minimum Gasteiger partial charge on any atom is -0.459 e. The molecule has 3 aromatic rings. The number of aryl methyl sites for hydroxylation is 1. The molecule has 8 nitrogen and oxygen atoms in total. The molecule has 0 heterocycles. The van der Waals surface area contributed by atoms with Gasteiger partial charge in [0.05, 0.1) is 6.16 Å². The van der Waals surface area contributed by atoms with E-state index in [9.17, 15) is 14.2 Å². The third-order valence-corrected chi connectivity index (χ3v) is 7.10. The van der Waals surface area contributed by atoms with E-state index in [-0.39, 0.29) is 25.8 Å². The molecule has 2 unspecified atom stereocenters. The van der Waals surface area contributed by atoms with Gasteiger partial charge in [-0.15, -0.1) is 0 Å². The van der Waals surface area contributed by atoms with Crippen molar-refractivity contribution in [2.75, 3.05) is 13.3 Å². The molecule has 190 valence electrons. The Morgan fingerprint density at radius 3 is 1.94 bits per heavy atom. The van der Waals surface area contributed by atoms with Gasteiger partial charge in [-0.1, -0.05) is 78.4 Å². The van der Waals surface area contributed by atoms with E-state index in [0.717, 1.165) is 16.7 Å². The lowest BCUT2D eigenvalue weighted by Gasteiger charge is -2.21. The van der Waals surface area contributed by atoms with Crippen LogP contribution in [0.3, 0.4) is 0 Å². The first-order valence-electron chi connectivity index (χ1n) is 11.5. The van der Waals surface area contributed by atoms with Crippen LogP contribution in [0, 0.1) is 6.92 Å². The Hall–Kier alpha value is -3.61. The highest BCUT2D eigenvalue weighted by atomic mass is 31.2. The Morgan fingerprint density at radius 1 is 0.833 bits per heavy atom. The second-order valence-corrected chi connectivity index (χ2v) is 10.3. The zero-order valence-corrected chi connectivity index (χ0v) is 21.2. The number of hydrogen-bond donors (Lipinski definition) is 1. The van der Waals surface area contributed by atoms with E-state index < -0.39 is 25.7 Å². The van der Waals surface area contributed by atoms with Crippen molar-refractivity contribution in [2.24, 2.45) is 0 Å². The summed E-state index contributed by atoms with van der Waals surface area (Å²) in [5.74, 6) is -0.308. The first-order valence-corrected chi connectivity index (χ1v) is 13.2. The molecule has 0 saturated carbocycles. The average molecular weight is 512 g/mol. The number of amides is 1. The summed E-state index contributed by atoms with van der Waals surface area (Å²) in [6, 6.07) is 24.2. The molecule has 0 saturated heterocycles. The summed E-state index contributed by atoms with van der Waals surface area (Å²) in [6.45, 7) is 1.98. The van der Waals surface area contributed by atoms with Crippen LogP contribution in [0.15, 0.2) is 84.9 Å². The van der Waals surface area contributed by atoms with Crippen molar-refractivity contribution in [2.45, 2.75) is 32.6 Å². The Balaban J connectivity index is 1.64. The summed E-state index contributed by atoms with van der Waals surface area (Å²) < 4.78 is 34.6. The van der Waals surface area contributed by atoms with Gasteiger partial charge >= 0.3 is 19.7 Å². The summed E-state index contributed by atoms with van der Waals surface area (Å²) in [7, 11) is -2.34. The summed E-state index contributed by atoms with van der Waals surface area (Å²) in [5, 5.41) is 2.52. The molecule has 3 aromatic carbocycles. The van der Waals surface area contributed by atoms with Crippen LogP contribution < -0.4 is 9.84 Å². The number of alkyl carbamates (subject to hydrolysis) is 1. The maximum Gasteiger partial charge on any atom is 0.408 e. The van der Waals surface area contributed by atoms with E-state index in [2.05, 4.69) is 5.32 Å². The fraction of sp³-hybridized carbons (Fsp3) is 0.259. The van der Waals surface area contributed by atoms with Crippen LogP contribution in [0.5, 0.6) is 5.75 Å². The molecule has 3 rings (SSSR count). The summed E-state index contributed by atoms with van der Waals surface area (Å²) >= 11 is 0. The number of carbonyl (C=O) groups excluding carboxylic acids is 2. The van der Waals surface area contributed by atoms with Gasteiger partial charge < -0.3 is 23.8 Å². The lowest BCUT2D eigenvalue weighted by molar-refractivity contribution is -0.147. The number of hydrogen-bond acceptors (Lipinski definition) is 7. The largest absolute Gasteiger partial charge is 0.459 e. The van der Waals surface area contributed by atoms with Crippen molar-refractivity contribution < 1.29 is 32.7 Å². The molecule has 0 radical (unpaired) electrons. The zero-order chi connectivity index (χ0) is 25.8. The number of carbonyl (C=O) groups is 2. The number of ether oxygens (including phenoxy) is 2. The van der Waals surface area contributed by atoms with Gasteiger partial charge in [-0.05, 0) is 36.6 Å². The predicted octanol–water partition coefficient (Wildman–Crippen LogP) is 5.64. The van der Waals surface area contributed by atoms with Gasteiger partial charge in [-0.2, -0.15) is 0 Å². The molecule has 0 aromatic heterocycles. The summed E-state index contributed by atoms with van der Waals surface area (Å²) in [5.41, 5.74) is 2.61. The molecule has 0 fully saturated rings. The van der Waals surface area contributed by atoms with Crippen LogP contribution >= 0.6 is 7.60 Å². The summed E-state index contributed by atoms with van der Waals surface area (Å²) in [4.78, 5) is 25.3. The quantitative estimate of drug-likeness (QED) is 0.248. The topological polar surface area (TPSA) is 100 Å². The van der Waals surface area contributed by atoms with Crippen molar-refractivity contribution in [1.82, 2.24) is 5.32 Å². The third kappa shape index (κ3) is 8.87. The molecular weight excluding hydrogens is 481 g/mol. The van der Waals surface area contributed by atoms with Crippen molar-refractivity contribution in [1.29, 1.82) is 0 Å². The maximum absolute atomic E-state index is 13.2. The van der Waals surface area contributed by atoms with Crippen molar-refractivity contribution in [3.8, 4) is 5.75 Å². The molecule has 0 bridgehead atoms. The zero-order valence-electron chi connectivity index (χ0n) is 20.3. The molecule has 1 N–H and O–H groups in total. The van der Waals surface area contributed by atoms with E-state index in [1.807, 2.05) is 79.7 Å². The highest BCUT2D eigenvalue weighted by Gasteiger charge is 2.31. The molecule has 1 amide bonds. The van der Waals surface area contributed by atoms with Gasteiger partial charge in [0.2, 0.25) is 0 Å². The molecule has 2 atom stereocenters. The molecule has 0 spiro atoms. The maximum atomic E-state index is 13.2. The number of esters is 1. The molecule has 0 aliphatic rings. The van der Waals surface area contributed by atoms with Crippen molar-refractivity contribution in [3.63, 3.8) is 0 Å². The SMILES string of the molecule is COP(=O)(CCC(NC(=O)OCc1ccccc1)C(=O)OCc1ccccc1)Oc1ccc(C)cc1. The monoisotopic (exact) mass is 511 g/mol. The second-order valence-electron chi connectivity index (χ2n) is 8.06. The lowest BCUT2D eigenvalue weighted by atomic mass is 10.2. The van der Waals surface area contributed by atoms with Crippen LogP contribution in [0.2, 0.25) is 0 Å². The smallest absolute Gasteiger partial charge is 0.408 e. The first kappa shape index (κ1) is 27.0. The van der Waals surface area contributed by atoms with Crippen LogP contribution in [-0.4, -0.2) is 31.4 Å². The number of benzene rings is 3. The Bertz CT molecular complexity index is 1150. The molecular formula is C27H30NO7P. The molecule has 0 aliphatic heterocycles. The second kappa shape index (κ2) is 13.5. The van der Waals surface area contributed by atoms with Crippen LogP contribution in [0.4, 0.5) is 4.79 Å². The van der Waals surface area contributed by atoms with Crippen molar-refractivity contribution in [3.05, 3.63) is 102 Å². The van der Waals surface area contributed by atoms with Gasteiger partial charge in [-0.25, -0.2) is 14.2 Å². The van der Waals surface area contributed by atoms with Gasteiger partial charge in [0.25, 0.3) is 0 Å². The van der Waals surface area contributed by atoms with Gasteiger partial charge in [0.1, 0.15) is 25.0 Å². The fourth-order valence-electron chi connectivity index (χ4n) is 3.21. The first-order chi connectivity index (χ1) is 17.4. The predicted molar refractivity (Wildman–Crippen MR) is 136 cm³/mol. The van der Waals surface area contributed by atoms with Crippen molar-refractivity contribution >= 4 is 19.7 Å². The average Bonchev–Trinajstić information content (AvgIpc) is 2.91. The molecule has 36 heavy (non-hydrogen) atoms. The van der Waals surface area contributed by atoms with Gasteiger partial charge in [-0.3, -0.25) is 0 Å². The van der Waals surface area contributed by atoms with Crippen LogP contribution in [0.25, 0.3) is 0 Å². The van der Waals surface area contributed by atoms with E-state index in [1.165, 1.54) is 7.11 Å². The number of rotatable bonds is 12. The number of nitrogens with one attached hydrogen (secondary N) is 1. The minimum absolute atomic E-state index is 0.0265. The standard InChI is InChI=1S/C27H30NO7P/c1-21-13-15-24(16-14-21)35-36(31,32-2)18-17-25(26(29)33-19-22-9-5-3-6-10-22)28-27(30)34-20-23-11-7-4-8-12-23/h3-16,25H,17-20H2,1-2H3,(H,28,30). The third-order valence-electron chi connectivity index (χ3n) is 5.25. The minimum atomic E-state index is -3.61. The Labute approximate surface area is 211 Å². The van der Waals surface area contributed by atoms with Crippen LogP contribution in [0.1, 0.15) is 23.1 Å². The van der Waals surface area contributed by atoms with E-state index in [1.54, 1.807) is 12.1 Å². The van der Waals surface area contributed by atoms with E-state index >= 15 is 0 Å². The highest BCUT2D eigenvalue weighted by molar-refractivity contribution is 7.54. The molecule has 9 heteroatoms. The van der Waals surface area contributed by atoms with Gasteiger partial charge in [0, 0.05) is 7.11 Å². The highest BCUT2D eigenvalue weighted by Crippen LogP contribution is 2.48. The van der Waals surface area contributed by atoms with E-state index in [4.69, 9.17) is 18.5 Å². The van der Waals surface area contributed by atoms with Gasteiger partial charge in [0.15, 0.2) is 0 Å². The Kier molecular flexibility index (Phi) is 10.1. The normalized spacial score (nSPS) is 13.2. The van der Waals surface area contributed by atoms with Crippen LogP contribution in [-0.2, 0) is 36.6 Å².